The number of rotatable bonds is 5. The molecule has 30 heavy (non-hydrogen) atoms. The Morgan fingerprint density at radius 3 is 2.83 bits per heavy atom. The van der Waals surface area contributed by atoms with Crippen molar-refractivity contribution in [2.75, 3.05) is 11.5 Å². The van der Waals surface area contributed by atoms with Gasteiger partial charge in [-0.3, -0.25) is 14.5 Å². The van der Waals surface area contributed by atoms with E-state index in [9.17, 15) is 22.8 Å². The number of aromatic nitrogens is 1. The predicted molar refractivity (Wildman–Crippen MR) is 103 cm³/mol. The van der Waals surface area contributed by atoms with Crippen LogP contribution >= 0.6 is 11.3 Å². The summed E-state index contributed by atoms with van der Waals surface area (Å²) in [6.07, 6.45) is -1.48. The van der Waals surface area contributed by atoms with E-state index in [1.807, 2.05) is 0 Å². The number of hydrogen-bond donors (Lipinski definition) is 0. The molecule has 1 atom stereocenters. The van der Waals surface area contributed by atoms with Gasteiger partial charge in [0.2, 0.25) is 0 Å². The Hall–Kier alpha value is -3.14. The Balaban J connectivity index is 1.69. The molecular formula is C20H15F3N2O4S. The minimum absolute atomic E-state index is 0.127. The van der Waals surface area contributed by atoms with E-state index in [1.165, 1.54) is 23.1 Å². The van der Waals surface area contributed by atoms with Gasteiger partial charge in [0.1, 0.15) is 22.1 Å². The molecule has 0 bridgehead atoms. The second-order valence-electron chi connectivity index (χ2n) is 6.47. The summed E-state index contributed by atoms with van der Waals surface area (Å²) in [4.78, 5) is 30.2. The number of ether oxygens (including phenoxy) is 2. The molecule has 1 aliphatic rings. The standard InChI is InChI=1S/C20H15F3N2O4S/c1-2-28-17(26)8-14-20(27)25(12-7-10(21)3-5-13(12)29-14)9-16-24-19-15(30-16)6-4-11(22)18(19)23/h3-7,14H,2,8-9H2,1H3. The highest BCUT2D eigenvalue weighted by molar-refractivity contribution is 7.18. The highest BCUT2D eigenvalue weighted by Crippen LogP contribution is 2.37. The number of nitrogens with zero attached hydrogens (tertiary/aromatic N) is 2. The third-order valence-electron chi connectivity index (χ3n) is 4.47. The van der Waals surface area contributed by atoms with Crippen molar-refractivity contribution in [3.05, 3.63) is 52.8 Å². The van der Waals surface area contributed by atoms with Gasteiger partial charge in [-0.25, -0.2) is 18.2 Å². The molecule has 1 unspecified atom stereocenters. The van der Waals surface area contributed by atoms with E-state index < -0.39 is 35.4 Å². The first kappa shape index (κ1) is 20.1. The first-order chi connectivity index (χ1) is 14.4. The molecule has 10 heteroatoms. The smallest absolute Gasteiger partial charge is 0.310 e. The Labute approximate surface area is 172 Å². The fourth-order valence-electron chi connectivity index (χ4n) is 3.15. The van der Waals surface area contributed by atoms with Gasteiger partial charge in [0.25, 0.3) is 5.91 Å². The van der Waals surface area contributed by atoms with Crippen LogP contribution in [0.25, 0.3) is 10.2 Å². The molecule has 0 spiro atoms. The molecule has 6 nitrogen and oxygen atoms in total. The van der Waals surface area contributed by atoms with Gasteiger partial charge in [0.05, 0.1) is 30.0 Å². The molecule has 0 saturated heterocycles. The quantitative estimate of drug-likeness (QED) is 0.567. The maximum absolute atomic E-state index is 14.0. The van der Waals surface area contributed by atoms with Gasteiger partial charge in [-0.05, 0) is 31.2 Å². The first-order valence-electron chi connectivity index (χ1n) is 9.04. The van der Waals surface area contributed by atoms with Crippen molar-refractivity contribution in [1.29, 1.82) is 0 Å². The number of amides is 1. The summed E-state index contributed by atoms with van der Waals surface area (Å²) in [6, 6.07) is 6.05. The third-order valence-corrected chi connectivity index (χ3v) is 5.47. The van der Waals surface area contributed by atoms with E-state index in [2.05, 4.69) is 4.98 Å². The van der Waals surface area contributed by atoms with Gasteiger partial charge < -0.3 is 9.47 Å². The zero-order valence-corrected chi connectivity index (χ0v) is 16.5. The average Bonchev–Trinajstić information content (AvgIpc) is 3.12. The van der Waals surface area contributed by atoms with Gasteiger partial charge >= 0.3 is 5.97 Å². The number of halogens is 3. The van der Waals surface area contributed by atoms with E-state index in [-0.39, 0.29) is 36.5 Å². The maximum Gasteiger partial charge on any atom is 0.310 e. The van der Waals surface area contributed by atoms with E-state index in [0.29, 0.717) is 9.71 Å². The van der Waals surface area contributed by atoms with Crippen molar-refractivity contribution in [3.8, 4) is 5.75 Å². The summed E-state index contributed by atoms with van der Waals surface area (Å²) in [5.41, 5.74) is 0.0178. The highest BCUT2D eigenvalue weighted by atomic mass is 32.1. The Bertz CT molecular complexity index is 1150. The number of carbonyl (C=O) groups is 2. The van der Waals surface area contributed by atoms with Crippen molar-refractivity contribution in [2.24, 2.45) is 0 Å². The van der Waals surface area contributed by atoms with Gasteiger partial charge in [-0.15, -0.1) is 11.3 Å². The van der Waals surface area contributed by atoms with Crippen LogP contribution in [0.3, 0.4) is 0 Å². The van der Waals surface area contributed by atoms with Crippen LogP contribution in [-0.2, 0) is 20.9 Å². The Morgan fingerprint density at radius 2 is 2.07 bits per heavy atom. The summed E-state index contributed by atoms with van der Waals surface area (Å²) in [6.45, 7) is 1.67. The topological polar surface area (TPSA) is 68.7 Å². The molecule has 0 N–H and O–H groups in total. The first-order valence-corrected chi connectivity index (χ1v) is 9.85. The van der Waals surface area contributed by atoms with Gasteiger partial charge in [-0.1, -0.05) is 0 Å². The fraction of sp³-hybridized carbons (Fsp3) is 0.250. The van der Waals surface area contributed by atoms with Crippen molar-refractivity contribution in [3.63, 3.8) is 0 Å². The third kappa shape index (κ3) is 3.70. The number of esters is 1. The van der Waals surface area contributed by atoms with Crippen molar-refractivity contribution in [2.45, 2.75) is 26.0 Å². The molecule has 0 fully saturated rings. The van der Waals surface area contributed by atoms with E-state index >= 15 is 0 Å². The summed E-state index contributed by atoms with van der Waals surface area (Å²) < 4.78 is 52.2. The lowest BCUT2D eigenvalue weighted by Crippen LogP contribution is -2.46. The second kappa shape index (κ2) is 7.94. The van der Waals surface area contributed by atoms with Gasteiger partial charge in [0.15, 0.2) is 17.7 Å². The minimum Gasteiger partial charge on any atom is -0.478 e. The van der Waals surface area contributed by atoms with E-state index in [4.69, 9.17) is 9.47 Å². The number of thiazole rings is 1. The normalized spacial score (nSPS) is 15.8. The number of anilines is 1. The number of benzene rings is 2. The van der Waals surface area contributed by atoms with Crippen LogP contribution in [0.15, 0.2) is 30.3 Å². The SMILES string of the molecule is CCOC(=O)CC1Oc2ccc(F)cc2N(Cc2nc3c(F)c(F)ccc3s2)C1=O. The van der Waals surface area contributed by atoms with E-state index in [1.54, 1.807) is 6.92 Å². The molecule has 0 radical (unpaired) electrons. The largest absolute Gasteiger partial charge is 0.478 e. The van der Waals surface area contributed by atoms with Crippen molar-refractivity contribution < 1.29 is 32.2 Å². The lowest BCUT2D eigenvalue weighted by Gasteiger charge is -2.33. The minimum atomic E-state index is -1.16. The number of hydrogen-bond acceptors (Lipinski definition) is 6. The lowest BCUT2D eigenvalue weighted by molar-refractivity contribution is -0.147. The molecule has 4 rings (SSSR count). The van der Waals surface area contributed by atoms with Gasteiger partial charge in [-0.2, -0.15) is 0 Å². The van der Waals surface area contributed by atoms with Crippen LogP contribution in [0.2, 0.25) is 0 Å². The Kier molecular flexibility index (Phi) is 5.33. The fourth-order valence-corrected chi connectivity index (χ4v) is 4.10. The molecule has 0 aliphatic carbocycles. The molecule has 2 aromatic carbocycles. The zero-order valence-electron chi connectivity index (χ0n) is 15.7. The van der Waals surface area contributed by atoms with Crippen LogP contribution in [-0.4, -0.2) is 29.6 Å². The van der Waals surface area contributed by atoms with Crippen LogP contribution in [0.5, 0.6) is 5.75 Å². The molecule has 3 aromatic rings. The predicted octanol–water partition coefficient (Wildman–Crippen LogP) is 3.96. The van der Waals surface area contributed by atoms with Crippen LogP contribution in [0, 0.1) is 17.5 Å². The summed E-state index contributed by atoms with van der Waals surface area (Å²) in [5, 5.41) is 0.315. The molecule has 1 amide bonds. The van der Waals surface area contributed by atoms with Crippen LogP contribution in [0.1, 0.15) is 18.4 Å². The average molecular weight is 436 g/mol. The summed E-state index contributed by atoms with van der Waals surface area (Å²) in [7, 11) is 0. The zero-order chi connectivity index (χ0) is 21.4. The molecule has 0 saturated carbocycles. The molecule has 1 aromatic heterocycles. The Morgan fingerprint density at radius 1 is 1.27 bits per heavy atom. The molecule has 156 valence electrons. The lowest BCUT2D eigenvalue weighted by atomic mass is 10.1. The second-order valence-corrected chi connectivity index (χ2v) is 7.58. The molecule has 1 aliphatic heterocycles. The van der Waals surface area contributed by atoms with E-state index in [0.717, 1.165) is 23.5 Å². The van der Waals surface area contributed by atoms with Crippen LogP contribution in [0.4, 0.5) is 18.9 Å². The van der Waals surface area contributed by atoms with Gasteiger partial charge in [0, 0.05) is 6.07 Å². The van der Waals surface area contributed by atoms with Crippen LogP contribution < -0.4 is 9.64 Å². The van der Waals surface area contributed by atoms with Crippen molar-refractivity contribution in [1.82, 2.24) is 4.98 Å². The number of fused-ring (bicyclic) bond motifs is 2. The summed E-state index contributed by atoms with van der Waals surface area (Å²) in [5.74, 6) is -3.68. The summed E-state index contributed by atoms with van der Waals surface area (Å²) >= 11 is 1.08. The maximum atomic E-state index is 14.0. The van der Waals surface area contributed by atoms with Crippen molar-refractivity contribution >= 4 is 39.1 Å². The number of carbonyl (C=O) groups excluding carboxylic acids is 2. The molecule has 2 heterocycles. The molecular weight excluding hydrogens is 421 g/mol. The highest BCUT2D eigenvalue weighted by Gasteiger charge is 2.37. The monoisotopic (exact) mass is 436 g/mol.